The Kier molecular flexibility index (Phi) is 5.11. The number of nitrogens with one attached hydrogen (secondary N) is 1. The van der Waals surface area contributed by atoms with Gasteiger partial charge in [0.05, 0.1) is 21.2 Å². The average molecular weight is 357 g/mol. The van der Waals surface area contributed by atoms with Gasteiger partial charge in [0.15, 0.2) is 0 Å². The summed E-state index contributed by atoms with van der Waals surface area (Å²) in [5.74, 6) is 0. The number of halogens is 2. The monoisotopic (exact) mass is 356 g/mol. The molecule has 0 radical (unpaired) electrons. The minimum atomic E-state index is -3.74. The van der Waals surface area contributed by atoms with Crippen molar-refractivity contribution in [2.75, 3.05) is 0 Å². The Balaban J connectivity index is 2.25. The first kappa shape index (κ1) is 16.8. The maximum Gasteiger partial charge on any atom is 0.276 e. The molecule has 1 N–H and O–H groups in total. The van der Waals surface area contributed by atoms with Crippen LogP contribution >= 0.6 is 23.2 Å². The van der Waals surface area contributed by atoms with Crippen molar-refractivity contribution in [3.8, 4) is 0 Å². The molecule has 22 heavy (non-hydrogen) atoms. The second-order valence-corrected chi connectivity index (χ2v) is 7.20. The fourth-order valence-corrected chi connectivity index (χ4v) is 3.46. The van der Waals surface area contributed by atoms with Gasteiger partial charge in [-0.1, -0.05) is 47.0 Å². The molecule has 0 spiro atoms. The zero-order valence-electron chi connectivity index (χ0n) is 12.0. The molecule has 7 heteroatoms. The molecule has 0 aliphatic rings. The maximum atomic E-state index is 12.2. The van der Waals surface area contributed by atoms with Gasteiger partial charge in [-0.3, -0.25) is 0 Å². The van der Waals surface area contributed by atoms with E-state index >= 15 is 0 Å². The molecule has 0 fully saturated rings. The van der Waals surface area contributed by atoms with E-state index in [2.05, 4.69) is 9.93 Å². The van der Waals surface area contributed by atoms with Crippen molar-refractivity contribution in [2.24, 2.45) is 5.10 Å². The molecule has 0 amide bonds. The van der Waals surface area contributed by atoms with Gasteiger partial charge >= 0.3 is 0 Å². The van der Waals surface area contributed by atoms with E-state index in [4.69, 9.17) is 23.2 Å². The van der Waals surface area contributed by atoms with Crippen molar-refractivity contribution in [3.63, 3.8) is 0 Å². The van der Waals surface area contributed by atoms with Gasteiger partial charge in [0.2, 0.25) is 0 Å². The highest BCUT2D eigenvalue weighted by molar-refractivity contribution is 7.89. The Hall–Kier alpha value is -1.56. The van der Waals surface area contributed by atoms with E-state index in [9.17, 15) is 8.42 Å². The van der Waals surface area contributed by atoms with Crippen molar-refractivity contribution >= 4 is 39.4 Å². The summed E-state index contributed by atoms with van der Waals surface area (Å²) < 4.78 is 24.5. The second kappa shape index (κ2) is 6.69. The van der Waals surface area contributed by atoms with Crippen LogP contribution in [0.4, 0.5) is 0 Å². The Morgan fingerprint density at radius 1 is 1.09 bits per heavy atom. The molecular weight excluding hydrogens is 343 g/mol. The van der Waals surface area contributed by atoms with Crippen LogP contribution in [-0.2, 0) is 10.0 Å². The van der Waals surface area contributed by atoms with Gasteiger partial charge in [-0.15, -0.1) is 0 Å². The standard InChI is InChI=1S/C15H14Cl2N2O2S/c1-10-6-7-15(11(2)8-10)22(20,21)19-18-9-12-13(16)4-3-5-14(12)17/h3-9,19H,1-2H3/b18-9+. The molecule has 0 aliphatic carbocycles. The van der Waals surface area contributed by atoms with Crippen LogP contribution in [0.15, 0.2) is 46.4 Å². The molecule has 0 heterocycles. The van der Waals surface area contributed by atoms with E-state index < -0.39 is 10.0 Å². The van der Waals surface area contributed by atoms with Gasteiger partial charge in [0, 0.05) is 5.56 Å². The normalized spacial score (nSPS) is 11.8. The van der Waals surface area contributed by atoms with Gasteiger partial charge < -0.3 is 0 Å². The molecule has 2 aromatic rings. The first-order chi connectivity index (χ1) is 10.3. The Labute approximate surface area is 139 Å². The third-order valence-corrected chi connectivity index (χ3v) is 5.03. The molecule has 0 aromatic heterocycles. The first-order valence-electron chi connectivity index (χ1n) is 6.37. The minimum absolute atomic E-state index is 0.181. The molecule has 2 aromatic carbocycles. The summed E-state index contributed by atoms with van der Waals surface area (Å²) in [6, 6.07) is 10.1. The number of benzene rings is 2. The van der Waals surface area contributed by atoms with Crippen molar-refractivity contribution < 1.29 is 8.42 Å². The molecule has 0 unspecified atom stereocenters. The van der Waals surface area contributed by atoms with Crippen molar-refractivity contribution in [2.45, 2.75) is 18.7 Å². The Morgan fingerprint density at radius 2 is 1.73 bits per heavy atom. The lowest BCUT2D eigenvalue weighted by Gasteiger charge is -2.07. The number of nitrogens with zero attached hydrogens (tertiary/aromatic N) is 1. The van der Waals surface area contributed by atoms with Crippen molar-refractivity contribution in [1.29, 1.82) is 0 Å². The molecule has 0 atom stereocenters. The zero-order valence-corrected chi connectivity index (χ0v) is 14.3. The topological polar surface area (TPSA) is 58.5 Å². The Morgan fingerprint density at radius 3 is 2.32 bits per heavy atom. The van der Waals surface area contributed by atoms with Gasteiger partial charge in [-0.2, -0.15) is 13.5 Å². The van der Waals surface area contributed by atoms with Crippen LogP contribution in [0.3, 0.4) is 0 Å². The SMILES string of the molecule is Cc1ccc(S(=O)(=O)N/N=C/c2c(Cl)cccc2Cl)c(C)c1. The minimum Gasteiger partial charge on any atom is -0.200 e. The zero-order chi connectivity index (χ0) is 16.3. The molecule has 4 nitrogen and oxygen atoms in total. The van der Waals surface area contributed by atoms with E-state index in [0.29, 0.717) is 21.2 Å². The molecule has 0 aliphatic heterocycles. The van der Waals surface area contributed by atoms with E-state index in [1.807, 2.05) is 6.92 Å². The lowest BCUT2D eigenvalue weighted by atomic mass is 10.2. The van der Waals surface area contributed by atoms with E-state index in [1.54, 1.807) is 43.3 Å². The first-order valence-corrected chi connectivity index (χ1v) is 8.61. The van der Waals surface area contributed by atoms with E-state index in [0.717, 1.165) is 5.56 Å². The molecule has 0 bridgehead atoms. The molecular formula is C15H14Cl2N2O2S. The molecule has 0 saturated carbocycles. The highest BCUT2D eigenvalue weighted by atomic mass is 35.5. The van der Waals surface area contributed by atoms with Gasteiger partial charge in [0.1, 0.15) is 0 Å². The van der Waals surface area contributed by atoms with Crippen LogP contribution in [0.2, 0.25) is 10.0 Å². The number of hydrogen-bond acceptors (Lipinski definition) is 3. The summed E-state index contributed by atoms with van der Waals surface area (Å²) in [5, 5.41) is 4.52. The Bertz CT molecular complexity index is 813. The number of rotatable bonds is 4. The third-order valence-electron chi connectivity index (χ3n) is 2.99. The smallest absolute Gasteiger partial charge is 0.200 e. The van der Waals surface area contributed by atoms with Crippen molar-refractivity contribution in [1.82, 2.24) is 4.83 Å². The molecule has 0 saturated heterocycles. The fourth-order valence-electron chi connectivity index (χ4n) is 1.94. The number of sulfonamides is 1. The van der Waals surface area contributed by atoms with Gasteiger partial charge in [-0.25, -0.2) is 4.83 Å². The molecule has 116 valence electrons. The third kappa shape index (κ3) is 3.80. The number of hydrazone groups is 1. The summed E-state index contributed by atoms with van der Waals surface area (Å²) in [4.78, 5) is 2.34. The lowest BCUT2D eigenvalue weighted by Crippen LogP contribution is -2.19. The average Bonchev–Trinajstić information content (AvgIpc) is 2.41. The van der Waals surface area contributed by atoms with E-state index in [-0.39, 0.29) is 4.90 Å². The van der Waals surface area contributed by atoms with Crippen LogP contribution in [0, 0.1) is 13.8 Å². The highest BCUT2D eigenvalue weighted by Gasteiger charge is 2.15. The highest BCUT2D eigenvalue weighted by Crippen LogP contribution is 2.22. The van der Waals surface area contributed by atoms with Crippen LogP contribution in [0.1, 0.15) is 16.7 Å². The molecule has 2 rings (SSSR count). The summed E-state index contributed by atoms with van der Waals surface area (Å²) >= 11 is 12.0. The number of hydrogen-bond donors (Lipinski definition) is 1. The maximum absolute atomic E-state index is 12.2. The summed E-state index contributed by atoms with van der Waals surface area (Å²) in [5.41, 5.74) is 2.09. The lowest BCUT2D eigenvalue weighted by molar-refractivity contribution is 0.584. The van der Waals surface area contributed by atoms with Crippen LogP contribution in [0.5, 0.6) is 0 Å². The fraction of sp³-hybridized carbons (Fsp3) is 0.133. The van der Waals surface area contributed by atoms with Crippen LogP contribution in [0.25, 0.3) is 0 Å². The van der Waals surface area contributed by atoms with E-state index in [1.165, 1.54) is 6.21 Å². The quantitative estimate of drug-likeness (QED) is 0.666. The van der Waals surface area contributed by atoms with Crippen LogP contribution < -0.4 is 4.83 Å². The summed E-state index contributed by atoms with van der Waals surface area (Å²) in [7, 11) is -3.74. The summed E-state index contributed by atoms with van der Waals surface area (Å²) in [6.07, 6.45) is 1.28. The second-order valence-electron chi connectivity index (χ2n) is 4.76. The predicted octanol–water partition coefficient (Wildman–Crippen LogP) is 3.92. The van der Waals surface area contributed by atoms with Gasteiger partial charge in [-0.05, 0) is 37.6 Å². The van der Waals surface area contributed by atoms with Gasteiger partial charge in [0.25, 0.3) is 10.0 Å². The predicted molar refractivity (Wildman–Crippen MR) is 90.3 cm³/mol. The summed E-state index contributed by atoms with van der Waals surface area (Å²) in [6.45, 7) is 3.63. The number of aryl methyl sites for hydroxylation is 2. The largest absolute Gasteiger partial charge is 0.276 e. The van der Waals surface area contributed by atoms with Crippen LogP contribution in [-0.4, -0.2) is 14.6 Å². The van der Waals surface area contributed by atoms with Crippen molar-refractivity contribution in [3.05, 3.63) is 63.1 Å².